The summed E-state index contributed by atoms with van der Waals surface area (Å²) >= 11 is 0. The van der Waals surface area contributed by atoms with Crippen LogP contribution in [0.4, 0.5) is 11.4 Å². The van der Waals surface area contributed by atoms with Gasteiger partial charge in [0.2, 0.25) is 5.91 Å². The molecule has 0 radical (unpaired) electrons. The van der Waals surface area contributed by atoms with E-state index in [0.29, 0.717) is 35.0 Å². The highest BCUT2D eigenvalue weighted by Crippen LogP contribution is 2.28. The molecule has 35 heavy (non-hydrogen) atoms. The molecule has 0 saturated heterocycles. The van der Waals surface area contributed by atoms with Crippen LogP contribution in [-0.4, -0.2) is 52.2 Å². The van der Waals surface area contributed by atoms with Crippen molar-refractivity contribution >= 4 is 34.2 Å². The highest BCUT2D eigenvalue weighted by Gasteiger charge is 2.15. The number of hydrogen-bond acceptors (Lipinski definition) is 7. The molecule has 4 aromatic rings. The smallest absolute Gasteiger partial charge is 0.262 e. The Bertz CT molecular complexity index is 1330. The molecule has 4 rings (SSSR count). The zero-order valence-corrected chi connectivity index (χ0v) is 19.3. The topological polar surface area (TPSA) is 128 Å². The van der Waals surface area contributed by atoms with Gasteiger partial charge in [0.1, 0.15) is 28.2 Å². The van der Waals surface area contributed by atoms with E-state index in [9.17, 15) is 14.7 Å². The number of benzene rings is 3. The largest absolute Gasteiger partial charge is 0.495 e. The van der Waals surface area contributed by atoms with Gasteiger partial charge < -0.3 is 25.2 Å². The van der Waals surface area contributed by atoms with Crippen molar-refractivity contribution in [3.63, 3.8) is 0 Å². The lowest BCUT2D eigenvalue weighted by Gasteiger charge is -2.14. The standard InChI is InChI=1S/C25H25N5O5/c1-16(32)26-18-8-10-23(34-2)21(14-18)27-25(33)15-35-24-9-7-17(11-12-31)13-22(24)30-28-19-5-3-4-6-20(19)29-30/h3-10,13-14,31H,11-12,15H2,1-2H3,(H,26,32)(H,27,33). The summed E-state index contributed by atoms with van der Waals surface area (Å²) in [6.07, 6.45) is 0.457. The van der Waals surface area contributed by atoms with Crippen molar-refractivity contribution in [1.82, 2.24) is 15.0 Å². The van der Waals surface area contributed by atoms with Gasteiger partial charge in [0.25, 0.3) is 5.91 Å². The number of nitrogens with zero attached hydrogens (tertiary/aromatic N) is 3. The van der Waals surface area contributed by atoms with Gasteiger partial charge >= 0.3 is 0 Å². The Balaban J connectivity index is 1.54. The summed E-state index contributed by atoms with van der Waals surface area (Å²) in [5.41, 5.74) is 3.77. The SMILES string of the molecule is COc1ccc(NC(C)=O)cc1NC(=O)COc1ccc(CCO)cc1-n1nc2ccccc2n1. The molecule has 0 aliphatic heterocycles. The van der Waals surface area contributed by atoms with Crippen LogP contribution in [0.25, 0.3) is 16.7 Å². The first-order valence-corrected chi connectivity index (χ1v) is 10.9. The second-order valence-corrected chi connectivity index (χ2v) is 7.69. The van der Waals surface area contributed by atoms with Gasteiger partial charge in [-0.05, 0) is 54.4 Å². The molecule has 3 N–H and O–H groups in total. The molecule has 0 fully saturated rings. The molecule has 3 aromatic carbocycles. The maximum atomic E-state index is 12.7. The predicted molar refractivity (Wildman–Crippen MR) is 131 cm³/mol. The van der Waals surface area contributed by atoms with Crippen molar-refractivity contribution in [3.8, 4) is 17.2 Å². The van der Waals surface area contributed by atoms with Crippen LogP contribution in [0.5, 0.6) is 11.5 Å². The minimum absolute atomic E-state index is 0.00402. The van der Waals surface area contributed by atoms with Crippen LogP contribution in [0.3, 0.4) is 0 Å². The maximum absolute atomic E-state index is 12.7. The van der Waals surface area contributed by atoms with Crippen molar-refractivity contribution < 1.29 is 24.2 Å². The number of anilines is 2. The summed E-state index contributed by atoms with van der Waals surface area (Å²) in [5.74, 6) is 0.190. The number of aromatic nitrogens is 3. The average Bonchev–Trinajstić information content (AvgIpc) is 3.27. The fourth-order valence-corrected chi connectivity index (χ4v) is 3.51. The Morgan fingerprint density at radius 3 is 2.34 bits per heavy atom. The minimum Gasteiger partial charge on any atom is -0.495 e. The summed E-state index contributed by atoms with van der Waals surface area (Å²) in [5, 5.41) is 23.8. The fraction of sp³-hybridized carbons (Fsp3) is 0.200. The third-order valence-corrected chi connectivity index (χ3v) is 5.08. The number of rotatable bonds is 9. The third-order valence-electron chi connectivity index (χ3n) is 5.08. The molecule has 0 unspecified atom stereocenters. The first kappa shape index (κ1) is 23.7. The van der Waals surface area contributed by atoms with E-state index in [0.717, 1.165) is 16.6 Å². The molecular formula is C25H25N5O5. The summed E-state index contributed by atoms with van der Waals surface area (Å²) in [7, 11) is 1.49. The molecule has 2 amide bonds. The number of aliphatic hydroxyl groups is 1. The van der Waals surface area contributed by atoms with Gasteiger partial charge in [0.05, 0.1) is 12.8 Å². The second-order valence-electron chi connectivity index (χ2n) is 7.69. The Labute approximate surface area is 201 Å². The Hall–Kier alpha value is -4.44. The number of aliphatic hydroxyl groups excluding tert-OH is 1. The second kappa shape index (κ2) is 10.7. The number of hydrogen-bond donors (Lipinski definition) is 3. The first-order valence-electron chi connectivity index (χ1n) is 10.9. The van der Waals surface area contributed by atoms with E-state index in [1.165, 1.54) is 18.8 Å². The summed E-state index contributed by atoms with van der Waals surface area (Å²) in [6.45, 7) is 1.10. The van der Waals surface area contributed by atoms with E-state index < -0.39 is 5.91 Å². The van der Waals surface area contributed by atoms with E-state index in [2.05, 4.69) is 20.8 Å². The molecule has 0 bridgehead atoms. The number of carbonyl (C=O) groups excluding carboxylic acids is 2. The lowest BCUT2D eigenvalue weighted by atomic mass is 10.1. The van der Waals surface area contributed by atoms with Gasteiger partial charge in [-0.3, -0.25) is 9.59 Å². The van der Waals surface area contributed by atoms with E-state index in [-0.39, 0.29) is 19.1 Å². The van der Waals surface area contributed by atoms with Crippen LogP contribution in [0.2, 0.25) is 0 Å². The number of carbonyl (C=O) groups is 2. The molecular weight excluding hydrogens is 450 g/mol. The normalized spacial score (nSPS) is 10.7. The average molecular weight is 476 g/mol. The minimum atomic E-state index is -0.424. The maximum Gasteiger partial charge on any atom is 0.262 e. The van der Waals surface area contributed by atoms with Gasteiger partial charge in [-0.1, -0.05) is 18.2 Å². The molecule has 10 heteroatoms. The van der Waals surface area contributed by atoms with Crippen LogP contribution in [0.15, 0.2) is 60.7 Å². The van der Waals surface area contributed by atoms with Crippen molar-refractivity contribution in [2.75, 3.05) is 31.0 Å². The Morgan fingerprint density at radius 1 is 0.971 bits per heavy atom. The van der Waals surface area contributed by atoms with Gasteiger partial charge in [0.15, 0.2) is 6.61 Å². The van der Waals surface area contributed by atoms with Crippen LogP contribution in [-0.2, 0) is 16.0 Å². The quantitative estimate of drug-likeness (QED) is 0.340. The van der Waals surface area contributed by atoms with Crippen molar-refractivity contribution in [2.45, 2.75) is 13.3 Å². The zero-order valence-electron chi connectivity index (χ0n) is 19.3. The predicted octanol–water partition coefficient (Wildman–Crippen LogP) is 2.94. The van der Waals surface area contributed by atoms with Gasteiger partial charge in [-0.15, -0.1) is 15.0 Å². The molecule has 10 nitrogen and oxygen atoms in total. The summed E-state index contributed by atoms with van der Waals surface area (Å²) in [6, 6.07) is 17.7. The molecule has 0 aliphatic rings. The molecule has 0 aliphatic carbocycles. The number of ether oxygens (including phenoxy) is 2. The third kappa shape index (κ3) is 5.74. The lowest BCUT2D eigenvalue weighted by molar-refractivity contribution is -0.118. The van der Waals surface area contributed by atoms with Crippen LogP contribution in [0.1, 0.15) is 12.5 Å². The van der Waals surface area contributed by atoms with Crippen LogP contribution in [0, 0.1) is 0 Å². The molecule has 1 heterocycles. The van der Waals surface area contributed by atoms with E-state index >= 15 is 0 Å². The van der Waals surface area contributed by atoms with E-state index in [1.54, 1.807) is 24.3 Å². The molecule has 1 aromatic heterocycles. The van der Waals surface area contributed by atoms with Crippen LogP contribution >= 0.6 is 0 Å². The zero-order chi connectivity index (χ0) is 24.8. The van der Waals surface area contributed by atoms with E-state index in [1.807, 2.05) is 36.4 Å². The Morgan fingerprint density at radius 2 is 1.69 bits per heavy atom. The molecule has 0 saturated carbocycles. The van der Waals surface area contributed by atoms with Crippen molar-refractivity contribution in [3.05, 3.63) is 66.2 Å². The van der Waals surface area contributed by atoms with Gasteiger partial charge in [-0.2, -0.15) is 0 Å². The van der Waals surface area contributed by atoms with Crippen LogP contribution < -0.4 is 20.1 Å². The number of fused-ring (bicyclic) bond motifs is 1. The van der Waals surface area contributed by atoms with Gasteiger partial charge in [-0.25, -0.2) is 0 Å². The van der Waals surface area contributed by atoms with Crippen molar-refractivity contribution in [2.24, 2.45) is 0 Å². The molecule has 180 valence electrons. The highest BCUT2D eigenvalue weighted by atomic mass is 16.5. The summed E-state index contributed by atoms with van der Waals surface area (Å²) in [4.78, 5) is 25.5. The number of amides is 2. The fourth-order valence-electron chi connectivity index (χ4n) is 3.51. The summed E-state index contributed by atoms with van der Waals surface area (Å²) < 4.78 is 11.1. The molecule has 0 spiro atoms. The monoisotopic (exact) mass is 475 g/mol. The lowest BCUT2D eigenvalue weighted by Crippen LogP contribution is -2.21. The number of methoxy groups -OCH3 is 1. The molecule has 0 atom stereocenters. The van der Waals surface area contributed by atoms with E-state index in [4.69, 9.17) is 9.47 Å². The highest BCUT2D eigenvalue weighted by molar-refractivity contribution is 5.95. The Kier molecular flexibility index (Phi) is 7.22. The number of nitrogens with one attached hydrogen (secondary N) is 2. The van der Waals surface area contributed by atoms with Gasteiger partial charge in [0, 0.05) is 19.2 Å². The first-order chi connectivity index (χ1) is 17.0. The van der Waals surface area contributed by atoms with Crippen molar-refractivity contribution in [1.29, 1.82) is 0 Å².